The molecule has 0 saturated carbocycles. The highest BCUT2D eigenvalue weighted by Gasteiger charge is 2.22. The molecule has 2 aromatic carbocycles. The average molecular weight is 519 g/mol. The summed E-state index contributed by atoms with van der Waals surface area (Å²) in [6, 6.07) is 8.72. The topological polar surface area (TPSA) is 132 Å². The third-order valence-electron chi connectivity index (χ3n) is 4.68. The third kappa shape index (κ3) is 6.43. The third-order valence-corrected chi connectivity index (χ3v) is 5.97. The maximum atomic E-state index is 13.9. The quantitative estimate of drug-likeness (QED) is 0.176. The van der Waals surface area contributed by atoms with Crippen LogP contribution in [0.3, 0.4) is 0 Å². The number of carbonyl (C=O) groups excluding carboxylic acids is 2. The minimum absolute atomic E-state index is 0.0930. The minimum Gasteiger partial charge on any atom is -0.342 e. The minimum atomic E-state index is -0.643. The molecule has 182 valence electrons. The highest BCUT2D eigenvalue weighted by Crippen LogP contribution is 2.27. The zero-order valence-electron chi connectivity index (χ0n) is 18.4. The molecule has 0 aliphatic carbocycles. The molecule has 0 radical (unpaired) electrons. The smallest absolute Gasteiger partial charge is 0.271 e. The van der Waals surface area contributed by atoms with Gasteiger partial charge in [0.1, 0.15) is 5.82 Å². The number of nitrogens with one attached hydrogen (secondary N) is 2. The molecule has 1 atom stereocenters. The number of benzene rings is 2. The maximum Gasteiger partial charge on any atom is 0.271 e. The molecule has 0 aliphatic heterocycles. The second-order valence-electron chi connectivity index (χ2n) is 7.17. The van der Waals surface area contributed by atoms with Crippen molar-refractivity contribution in [3.63, 3.8) is 0 Å². The number of non-ortho nitro benzene ring substituents is 1. The van der Waals surface area contributed by atoms with E-state index in [9.17, 15) is 24.1 Å². The Morgan fingerprint density at radius 3 is 2.74 bits per heavy atom. The standard InChI is InChI=1S/C22H20ClFN6O4S/c1-3-10-29-20(13(2)25-21(32)15-6-4-5-7-17(15)24)27-28-22(29)35-12-19(31)26-18-11-14(30(33)34)8-9-16(18)23/h3-9,11,13H,1,10,12H2,2H3,(H,25,32)(H,26,31)/t13-/m0/s1. The van der Waals surface area contributed by atoms with Crippen LogP contribution in [0.1, 0.15) is 29.1 Å². The van der Waals surface area contributed by atoms with Crippen LogP contribution in [0.5, 0.6) is 0 Å². The summed E-state index contributed by atoms with van der Waals surface area (Å²) in [6.45, 7) is 5.68. The number of carbonyl (C=O) groups is 2. The zero-order valence-corrected chi connectivity index (χ0v) is 20.0. The van der Waals surface area contributed by atoms with Crippen molar-refractivity contribution in [2.45, 2.75) is 24.7 Å². The second kappa shape index (κ2) is 11.6. The molecule has 0 unspecified atom stereocenters. The Bertz CT molecular complexity index is 1280. The molecule has 3 aromatic rings. The number of nitro groups is 1. The molecule has 2 amide bonds. The maximum absolute atomic E-state index is 13.9. The first-order valence-corrected chi connectivity index (χ1v) is 11.5. The highest BCUT2D eigenvalue weighted by molar-refractivity contribution is 7.99. The number of hydrogen-bond acceptors (Lipinski definition) is 7. The summed E-state index contributed by atoms with van der Waals surface area (Å²) in [5.74, 6) is -1.42. The molecule has 1 heterocycles. The predicted molar refractivity (Wildman–Crippen MR) is 130 cm³/mol. The van der Waals surface area contributed by atoms with Crippen LogP contribution >= 0.6 is 23.4 Å². The van der Waals surface area contributed by atoms with Gasteiger partial charge in [-0.2, -0.15) is 0 Å². The number of thioether (sulfide) groups is 1. The number of hydrogen-bond donors (Lipinski definition) is 2. The van der Waals surface area contributed by atoms with E-state index in [-0.39, 0.29) is 27.7 Å². The van der Waals surface area contributed by atoms with Gasteiger partial charge in [0.2, 0.25) is 5.91 Å². The average Bonchev–Trinajstić information content (AvgIpc) is 3.22. The van der Waals surface area contributed by atoms with Gasteiger partial charge in [0, 0.05) is 18.7 Å². The molecule has 1 aromatic heterocycles. The van der Waals surface area contributed by atoms with Gasteiger partial charge in [-0.3, -0.25) is 19.7 Å². The van der Waals surface area contributed by atoms with Crippen LogP contribution in [0.2, 0.25) is 5.02 Å². The molecular weight excluding hydrogens is 499 g/mol. The summed E-state index contributed by atoms with van der Waals surface area (Å²) in [7, 11) is 0. The molecule has 0 bridgehead atoms. The van der Waals surface area contributed by atoms with E-state index in [4.69, 9.17) is 11.6 Å². The van der Waals surface area contributed by atoms with Crippen LogP contribution in [0.25, 0.3) is 0 Å². The van der Waals surface area contributed by atoms with Gasteiger partial charge >= 0.3 is 0 Å². The Balaban J connectivity index is 1.69. The van der Waals surface area contributed by atoms with Crippen molar-refractivity contribution in [3.8, 4) is 0 Å². The number of amides is 2. The Labute approximate surface area is 208 Å². The van der Waals surface area contributed by atoms with Gasteiger partial charge < -0.3 is 15.2 Å². The first-order valence-electron chi connectivity index (χ1n) is 10.2. The van der Waals surface area contributed by atoms with E-state index in [1.54, 1.807) is 23.6 Å². The van der Waals surface area contributed by atoms with Gasteiger partial charge in [-0.05, 0) is 25.1 Å². The summed E-state index contributed by atoms with van der Waals surface area (Å²) in [4.78, 5) is 35.3. The number of anilines is 1. The number of rotatable bonds is 10. The van der Waals surface area contributed by atoms with E-state index in [1.165, 1.54) is 36.4 Å². The monoisotopic (exact) mass is 518 g/mol. The lowest BCUT2D eigenvalue weighted by atomic mass is 10.2. The van der Waals surface area contributed by atoms with Gasteiger partial charge in [0.05, 0.1) is 33.0 Å². The molecule has 35 heavy (non-hydrogen) atoms. The SMILES string of the molecule is C=CCn1c(SCC(=O)Nc2cc([N+](=O)[O-])ccc2Cl)nnc1[C@H](C)NC(=O)c1ccccc1F. The largest absolute Gasteiger partial charge is 0.342 e. The van der Waals surface area contributed by atoms with E-state index < -0.39 is 28.6 Å². The Hall–Kier alpha value is -3.77. The summed E-state index contributed by atoms with van der Waals surface area (Å²) in [5.41, 5.74) is -0.191. The second-order valence-corrected chi connectivity index (χ2v) is 8.52. The molecule has 3 rings (SSSR count). The fourth-order valence-electron chi connectivity index (χ4n) is 3.05. The lowest BCUT2D eigenvalue weighted by Gasteiger charge is -2.15. The lowest BCUT2D eigenvalue weighted by molar-refractivity contribution is -0.384. The van der Waals surface area contributed by atoms with E-state index in [2.05, 4.69) is 27.4 Å². The van der Waals surface area contributed by atoms with Crippen molar-refractivity contribution >= 4 is 46.6 Å². The van der Waals surface area contributed by atoms with Gasteiger partial charge in [-0.25, -0.2) is 4.39 Å². The first-order chi connectivity index (χ1) is 16.7. The van der Waals surface area contributed by atoms with Crippen LogP contribution in [0.15, 0.2) is 60.3 Å². The Morgan fingerprint density at radius 2 is 2.06 bits per heavy atom. The molecule has 10 nitrogen and oxygen atoms in total. The highest BCUT2D eigenvalue weighted by atomic mass is 35.5. The van der Waals surface area contributed by atoms with Crippen LogP contribution in [0, 0.1) is 15.9 Å². The summed E-state index contributed by atoms with van der Waals surface area (Å²) < 4.78 is 15.6. The van der Waals surface area contributed by atoms with Crippen molar-refractivity contribution in [2.75, 3.05) is 11.1 Å². The van der Waals surface area contributed by atoms with E-state index in [0.717, 1.165) is 11.8 Å². The molecular formula is C22H20ClFN6O4S. The van der Waals surface area contributed by atoms with Crippen LogP contribution in [0.4, 0.5) is 15.8 Å². The van der Waals surface area contributed by atoms with Gasteiger partial charge in [-0.1, -0.05) is 41.6 Å². The molecule has 0 spiro atoms. The number of halogens is 2. The number of aromatic nitrogens is 3. The van der Waals surface area contributed by atoms with Gasteiger partial charge in [0.25, 0.3) is 11.6 Å². The number of nitrogens with zero attached hydrogens (tertiary/aromatic N) is 4. The Morgan fingerprint density at radius 1 is 1.31 bits per heavy atom. The fourth-order valence-corrected chi connectivity index (χ4v) is 3.97. The summed E-state index contributed by atoms with van der Waals surface area (Å²) in [6.07, 6.45) is 1.60. The summed E-state index contributed by atoms with van der Waals surface area (Å²) in [5, 5.41) is 24.9. The predicted octanol–water partition coefficient (Wildman–Crippen LogP) is 4.39. The molecule has 13 heteroatoms. The van der Waals surface area contributed by atoms with Crippen molar-refractivity contribution in [1.82, 2.24) is 20.1 Å². The molecule has 0 aliphatic rings. The molecule has 2 N–H and O–H groups in total. The Kier molecular flexibility index (Phi) is 8.55. The number of nitro benzene ring substituents is 1. The summed E-state index contributed by atoms with van der Waals surface area (Å²) >= 11 is 7.09. The van der Waals surface area contributed by atoms with E-state index >= 15 is 0 Å². The molecule has 0 fully saturated rings. The van der Waals surface area contributed by atoms with Crippen LogP contribution in [-0.4, -0.2) is 37.3 Å². The van der Waals surface area contributed by atoms with Crippen molar-refractivity contribution in [1.29, 1.82) is 0 Å². The fraction of sp³-hybridized carbons (Fsp3) is 0.182. The van der Waals surface area contributed by atoms with Crippen molar-refractivity contribution < 1.29 is 18.9 Å². The normalized spacial score (nSPS) is 11.5. The van der Waals surface area contributed by atoms with Gasteiger partial charge in [0.15, 0.2) is 11.0 Å². The first kappa shape index (κ1) is 25.8. The van der Waals surface area contributed by atoms with Crippen LogP contribution in [-0.2, 0) is 11.3 Å². The van der Waals surface area contributed by atoms with E-state index in [0.29, 0.717) is 17.5 Å². The molecule has 0 saturated heterocycles. The van der Waals surface area contributed by atoms with Crippen molar-refractivity contribution in [3.05, 3.63) is 87.5 Å². The van der Waals surface area contributed by atoms with Crippen LogP contribution < -0.4 is 10.6 Å². The lowest BCUT2D eigenvalue weighted by Crippen LogP contribution is -2.29. The number of allylic oxidation sites excluding steroid dienone is 1. The zero-order chi connectivity index (χ0) is 25.5. The van der Waals surface area contributed by atoms with Gasteiger partial charge in [-0.15, -0.1) is 16.8 Å². The van der Waals surface area contributed by atoms with E-state index in [1.807, 2.05) is 0 Å². The van der Waals surface area contributed by atoms with Crippen molar-refractivity contribution in [2.24, 2.45) is 0 Å².